The molecule has 1 aromatic heterocycles. The molecule has 3 fully saturated rings. The van der Waals surface area contributed by atoms with Crippen LogP contribution in [0.2, 0.25) is 0 Å². The lowest BCUT2D eigenvalue weighted by molar-refractivity contribution is -0.146. The first-order chi connectivity index (χ1) is 20.8. The van der Waals surface area contributed by atoms with Gasteiger partial charge in [-0.25, -0.2) is 4.39 Å². The Bertz CT molecular complexity index is 1420. The van der Waals surface area contributed by atoms with Gasteiger partial charge in [0.1, 0.15) is 0 Å². The van der Waals surface area contributed by atoms with Gasteiger partial charge in [0.15, 0.2) is 17.2 Å². The quantitative estimate of drug-likeness (QED) is 0.361. The largest absolute Gasteiger partial charge is 0.475 e. The number of piperazine rings is 1. The Morgan fingerprint density at radius 2 is 1.80 bits per heavy atom. The highest BCUT2D eigenvalue weighted by Gasteiger charge is 2.38. The first-order valence-corrected chi connectivity index (χ1v) is 15.4. The van der Waals surface area contributed by atoms with Crippen LogP contribution in [0.1, 0.15) is 45.1 Å². The maximum absolute atomic E-state index is 14.9. The summed E-state index contributed by atoms with van der Waals surface area (Å²) in [5, 5.41) is 10.1. The summed E-state index contributed by atoms with van der Waals surface area (Å²) in [6, 6.07) is 13.4. The minimum absolute atomic E-state index is 0. The molecule has 2 saturated heterocycles. The maximum Gasteiger partial charge on any atom is 0.266 e. The number of anilines is 1. The number of carbonyl (C=O) groups excluding carboxylic acids is 2. The average Bonchev–Trinajstić information content (AvgIpc) is 3.73. The van der Waals surface area contributed by atoms with E-state index >= 15 is 0 Å². The number of carbonyl (C=O) groups is 2. The van der Waals surface area contributed by atoms with Gasteiger partial charge in [-0.3, -0.25) is 14.7 Å². The number of aromatic amines is 1. The Morgan fingerprint density at radius 3 is 2.48 bits per heavy atom. The summed E-state index contributed by atoms with van der Waals surface area (Å²) < 4.78 is 21.0. The van der Waals surface area contributed by atoms with Crippen molar-refractivity contribution in [3.8, 4) is 16.9 Å². The molecule has 2 aromatic carbocycles. The number of hydrogen-bond acceptors (Lipinski definition) is 6. The number of H-pyrrole nitrogens is 1. The Morgan fingerprint density at radius 1 is 1.05 bits per heavy atom. The van der Waals surface area contributed by atoms with Crippen molar-refractivity contribution in [3.63, 3.8) is 0 Å². The minimum Gasteiger partial charge on any atom is -0.475 e. The average molecular weight is 625 g/mol. The third-order valence-electron chi connectivity index (χ3n) is 8.74. The van der Waals surface area contributed by atoms with E-state index in [9.17, 15) is 14.0 Å². The van der Waals surface area contributed by atoms with E-state index < -0.39 is 11.4 Å². The molecule has 3 aliphatic rings. The Labute approximate surface area is 264 Å². The maximum atomic E-state index is 14.9. The number of amides is 2. The van der Waals surface area contributed by atoms with Crippen molar-refractivity contribution in [2.24, 2.45) is 5.92 Å². The number of benzene rings is 2. The number of rotatable bonds is 9. The smallest absolute Gasteiger partial charge is 0.266 e. The highest BCUT2D eigenvalue weighted by molar-refractivity contribution is 5.85. The van der Waals surface area contributed by atoms with Crippen LogP contribution in [0.4, 0.5) is 10.1 Å². The first-order valence-electron chi connectivity index (χ1n) is 15.4. The lowest BCUT2D eigenvalue weighted by Gasteiger charge is -2.37. The standard InChI is InChI=1S/C33H41FN6O3.ClH/c1-33(2,32(42)38-16-13-35-14-17-38)43-30-18-28(11-12-29(30)34)39-15-3-4-25(22-39)31(41)40(27-9-10-27)21-23-5-7-24(8-6-23)26-19-36-37-20-26;/h5-8,11-12,18-20,25,27,35H,3-4,9-10,13-17,21-22H2,1-2H3,(H,36,37);1H/t25-;/m1./s1. The zero-order valence-corrected chi connectivity index (χ0v) is 26.2. The van der Waals surface area contributed by atoms with Crippen LogP contribution >= 0.6 is 12.4 Å². The lowest BCUT2D eigenvalue weighted by Crippen LogP contribution is -2.54. The summed E-state index contributed by atoms with van der Waals surface area (Å²) in [6.07, 6.45) is 7.44. The van der Waals surface area contributed by atoms with Crippen LogP contribution in [0.25, 0.3) is 11.1 Å². The molecule has 3 heterocycles. The van der Waals surface area contributed by atoms with Crippen molar-refractivity contribution >= 4 is 29.9 Å². The van der Waals surface area contributed by atoms with E-state index in [-0.39, 0.29) is 41.9 Å². The van der Waals surface area contributed by atoms with E-state index in [0.717, 1.165) is 67.7 Å². The molecule has 2 aliphatic heterocycles. The molecule has 1 aliphatic carbocycles. The second kappa shape index (κ2) is 13.6. The van der Waals surface area contributed by atoms with Gasteiger partial charge in [-0.15, -0.1) is 12.4 Å². The molecule has 0 spiro atoms. The fourth-order valence-corrected chi connectivity index (χ4v) is 6.16. The van der Waals surface area contributed by atoms with E-state index in [0.29, 0.717) is 26.2 Å². The van der Waals surface area contributed by atoms with E-state index in [4.69, 9.17) is 4.74 Å². The Hall–Kier alpha value is -3.63. The highest BCUT2D eigenvalue weighted by atomic mass is 35.5. The molecule has 1 saturated carbocycles. The van der Waals surface area contributed by atoms with Crippen LogP contribution in [0.5, 0.6) is 5.75 Å². The van der Waals surface area contributed by atoms with Gasteiger partial charge in [0.05, 0.1) is 12.1 Å². The van der Waals surface area contributed by atoms with Gasteiger partial charge in [-0.05, 0) is 62.8 Å². The predicted molar refractivity (Wildman–Crippen MR) is 170 cm³/mol. The Balaban J connectivity index is 0.00000384. The second-order valence-corrected chi connectivity index (χ2v) is 12.4. The molecule has 9 nitrogen and oxygen atoms in total. The van der Waals surface area contributed by atoms with Gasteiger partial charge in [-0.1, -0.05) is 24.3 Å². The van der Waals surface area contributed by atoms with Crippen molar-refractivity contribution in [2.75, 3.05) is 44.2 Å². The molecule has 2 amide bonds. The number of nitrogens with zero attached hydrogens (tertiary/aromatic N) is 4. The second-order valence-electron chi connectivity index (χ2n) is 12.4. The number of nitrogens with one attached hydrogen (secondary N) is 2. The van der Waals surface area contributed by atoms with Crippen molar-refractivity contribution in [1.29, 1.82) is 0 Å². The van der Waals surface area contributed by atoms with E-state index in [1.165, 1.54) is 6.07 Å². The molecule has 0 unspecified atom stereocenters. The monoisotopic (exact) mass is 624 g/mol. The third kappa shape index (κ3) is 7.18. The summed E-state index contributed by atoms with van der Waals surface area (Å²) in [5.41, 5.74) is 2.82. The molecule has 0 bridgehead atoms. The van der Waals surface area contributed by atoms with E-state index in [1.54, 1.807) is 37.1 Å². The summed E-state index contributed by atoms with van der Waals surface area (Å²) in [4.78, 5) is 33.0. The predicted octanol–water partition coefficient (Wildman–Crippen LogP) is 4.63. The molecule has 6 rings (SSSR count). The van der Waals surface area contributed by atoms with Gasteiger partial charge in [0.2, 0.25) is 5.91 Å². The SMILES string of the molecule is CC(C)(Oc1cc(N2CCC[C@@H](C(=O)N(Cc3ccc(-c4cn[nH]c4)cc3)C3CC3)C2)ccc1F)C(=O)N1CCNCC1.Cl. The number of piperidine rings is 1. The molecule has 1 atom stereocenters. The van der Waals surface area contributed by atoms with Gasteiger partial charge in [0.25, 0.3) is 5.91 Å². The van der Waals surface area contributed by atoms with Crippen molar-refractivity contribution in [3.05, 3.63) is 66.2 Å². The Kier molecular flexibility index (Phi) is 9.80. The zero-order valence-electron chi connectivity index (χ0n) is 25.4. The normalized spacial score (nSPS) is 18.8. The zero-order chi connectivity index (χ0) is 30.0. The number of aromatic nitrogens is 2. The lowest BCUT2D eigenvalue weighted by atomic mass is 9.95. The molecule has 11 heteroatoms. The van der Waals surface area contributed by atoms with Crippen molar-refractivity contribution in [2.45, 2.75) is 57.7 Å². The van der Waals surface area contributed by atoms with Gasteiger partial charge < -0.3 is 24.8 Å². The van der Waals surface area contributed by atoms with Gasteiger partial charge in [0, 0.05) is 75.4 Å². The molecule has 2 N–H and O–H groups in total. The molecule has 236 valence electrons. The van der Waals surface area contributed by atoms with Crippen molar-refractivity contribution < 1.29 is 18.7 Å². The van der Waals surface area contributed by atoms with E-state index in [1.807, 2.05) is 6.20 Å². The number of halogens is 2. The first kappa shape index (κ1) is 31.8. The summed E-state index contributed by atoms with van der Waals surface area (Å²) in [6.45, 7) is 7.99. The highest BCUT2D eigenvalue weighted by Crippen LogP contribution is 2.34. The van der Waals surface area contributed by atoms with Gasteiger partial charge >= 0.3 is 0 Å². The van der Waals surface area contributed by atoms with Crippen LogP contribution in [-0.2, 0) is 16.1 Å². The van der Waals surface area contributed by atoms with Crippen LogP contribution in [0.3, 0.4) is 0 Å². The summed E-state index contributed by atoms with van der Waals surface area (Å²) in [7, 11) is 0. The molecule has 44 heavy (non-hydrogen) atoms. The van der Waals surface area contributed by atoms with Crippen LogP contribution < -0.4 is 15.0 Å². The van der Waals surface area contributed by atoms with E-state index in [2.05, 4.69) is 49.6 Å². The summed E-state index contributed by atoms with van der Waals surface area (Å²) >= 11 is 0. The minimum atomic E-state index is -1.21. The van der Waals surface area contributed by atoms with Gasteiger partial charge in [-0.2, -0.15) is 5.10 Å². The fourth-order valence-electron chi connectivity index (χ4n) is 6.16. The molecular weight excluding hydrogens is 583 g/mol. The third-order valence-corrected chi connectivity index (χ3v) is 8.74. The number of ether oxygens (including phenoxy) is 1. The number of hydrogen-bond donors (Lipinski definition) is 2. The molecular formula is C33H42ClFN6O3. The molecule has 0 radical (unpaired) electrons. The van der Waals surface area contributed by atoms with Crippen LogP contribution in [-0.4, -0.2) is 82.7 Å². The van der Waals surface area contributed by atoms with Crippen molar-refractivity contribution in [1.82, 2.24) is 25.3 Å². The van der Waals surface area contributed by atoms with Crippen LogP contribution in [0, 0.1) is 11.7 Å². The molecule has 3 aromatic rings. The summed E-state index contributed by atoms with van der Waals surface area (Å²) in [5.74, 6) is -0.558. The fraction of sp³-hybridized carbons (Fsp3) is 0.485. The van der Waals surface area contributed by atoms with Crippen LogP contribution in [0.15, 0.2) is 54.9 Å². The topological polar surface area (TPSA) is 93.8 Å².